The summed E-state index contributed by atoms with van der Waals surface area (Å²) >= 11 is 0. The Morgan fingerprint density at radius 3 is 2.38 bits per heavy atom. The van der Waals surface area contributed by atoms with Gasteiger partial charge in [0.15, 0.2) is 5.65 Å². The van der Waals surface area contributed by atoms with Crippen molar-refractivity contribution in [1.82, 2.24) is 14.1 Å². The van der Waals surface area contributed by atoms with E-state index in [4.69, 9.17) is 4.98 Å². The largest absolute Gasteiger partial charge is 0.328 e. The normalized spacial score (nSPS) is 14.8. The zero-order valence-electron chi connectivity index (χ0n) is 16.7. The molecule has 0 saturated heterocycles. The van der Waals surface area contributed by atoms with Crippen LogP contribution in [0, 0.1) is 6.92 Å². The molecule has 0 radical (unpaired) electrons. The number of rotatable bonds is 2. The highest BCUT2D eigenvalue weighted by atomic mass is 16.1. The topological polar surface area (TPSA) is 56.9 Å². The van der Waals surface area contributed by atoms with Crippen LogP contribution in [-0.2, 0) is 7.05 Å². The van der Waals surface area contributed by atoms with Crippen LogP contribution in [0.2, 0.25) is 0 Å². The van der Waals surface area contributed by atoms with Crippen molar-refractivity contribution in [2.24, 2.45) is 7.05 Å². The van der Waals surface area contributed by atoms with E-state index in [1.807, 2.05) is 61.0 Å². The van der Waals surface area contributed by atoms with Gasteiger partial charge in [-0.05, 0) is 31.9 Å². The van der Waals surface area contributed by atoms with Crippen LogP contribution in [0.1, 0.15) is 37.3 Å². The number of aryl methyl sites for hydroxylation is 2. The first-order valence-electron chi connectivity index (χ1n) is 10.2. The SMILES string of the molecule is Cc1ccc(-c2nc3c(c(=O)c4ccccc4n3C)c(=O)n2C2CCCC2)cc1. The number of benzene rings is 2. The van der Waals surface area contributed by atoms with E-state index >= 15 is 0 Å². The van der Waals surface area contributed by atoms with Gasteiger partial charge in [0.05, 0.1) is 5.52 Å². The molecule has 5 rings (SSSR count). The Morgan fingerprint density at radius 1 is 0.966 bits per heavy atom. The number of fused-ring (bicyclic) bond motifs is 2. The summed E-state index contributed by atoms with van der Waals surface area (Å²) in [6.45, 7) is 2.04. The number of aromatic nitrogens is 3. The smallest absolute Gasteiger partial charge is 0.267 e. The molecule has 2 aromatic carbocycles. The fraction of sp³-hybridized carbons (Fsp3) is 0.292. The zero-order chi connectivity index (χ0) is 20.1. The summed E-state index contributed by atoms with van der Waals surface area (Å²) < 4.78 is 3.65. The summed E-state index contributed by atoms with van der Waals surface area (Å²) in [5.41, 5.74) is 2.84. The van der Waals surface area contributed by atoms with E-state index in [1.165, 1.54) is 0 Å². The molecule has 1 aliphatic rings. The molecule has 0 aliphatic heterocycles. The summed E-state index contributed by atoms with van der Waals surface area (Å²) in [6, 6.07) is 15.6. The number of hydrogen-bond acceptors (Lipinski definition) is 3. The Hall–Kier alpha value is -3.21. The van der Waals surface area contributed by atoms with E-state index < -0.39 is 0 Å². The van der Waals surface area contributed by atoms with E-state index in [0.717, 1.165) is 42.3 Å². The minimum Gasteiger partial charge on any atom is -0.328 e. The maximum Gasteiger partial charge on any atom is 0.267 e. The third-order valence-corrected chi connectivity index (χ3v) is 6.15. The van der Waals surface area contributed by atoms with Crippen LogP contribution in [0.25, 0.3) is 33.3 Å². The molecule has 5 nitrogen and oxygen atoms in total. The maximum absolute atomic E-state index is 13.7. The van der Waals surface area contributed by atoms with Crippen LogP contribution >= 0.6 is 0 Å². The fourth-order valence-corrected chi connectivity index (χ4v) is 4.58. The van der Waals surface area contributed by atoms with Crippen molar-refractivity contribution >= 4 is 21.9 Å². The lowest BCUT2D eigenvalue weighted by Gasteiger charge is -2.20. The molecule has 1 fully saturated rings. The van der Waals surface area contributed by atoms with E-state index in [2.05, 4.69) is 0 Å². The molecule has 2 heterocycles. The minimum atomic E-state index is -0.228. The first-order chi connectivity index (χ1) is 14.1. The second kappa shape index (κ2) is 6.69. The van der Waals surface area contributed by atoms with Crippen molar-refractivity contribution in [2.45, 2.75) is 38.6 Å². The number of pyridine rings is 1. The monoisotopic (exact) mass is 385 g/mol. The highest BCUT2D eigenvalue weighted by Crippen LogP contribution is 2.32. The van der Waals surface area contributed by atoms with Gasteiger partial charge < -0.3 is 4.57 Å². The molecule has 29 heavy (non-hydrogen) atoms. The van der Waals surface area contributed by atoms with Gasteiger partial charge in [0.2, 0.25) is 5.43 Å². The van der Waals surface area contributed by atoms with E-state index in [-0.39, 0.29) is 22.4 Å². The zero-order valence-corrected chi connectivity index (χ0v) is 16.7. The highest BCUT2D eigenvalue weighted by molar-refractivity contribution is 5.91. The Bertz CT molecular complexity index is 1360. The van der Waals surface area contributed by atoms with Gasteiger partial charge in [-0.2, -0.15) is 0 Å². The summed E-state index contributed by atoms with van der Waals surface area (Å²) in [6.07, 6.45) is 4.08. The molecule has 1 aliphatic carbocycles. The standard InChI is InChI=1S/C24H23N3O2/c1-15-11-13-16(14-12-15)22-25-23-20(24(29)27(22)17-7-3-4-8-17)21(28)18-9-5-6-10-19(18)26(23)2/h5-6,9-14,17H,3-4,7-8H2,1-2H3. The van der Waals surface area contributed by atoms with Crippen molar-refractivity contribution in [3.05, 3.63) is 74.7 Å². The highest BCUT2D eigenvalue weighted by Gasteiger charge is 2.25. The van der Waals surface area contributed by atoms with Crippen molar-refractivity contribution in [3.63, 3.8) is 0 Å². The second-order valence-corrected chi connectivity index (χ2v) is 8.02. The van der Waals surface area contributed by atoms with Crippen LogP contribution in [0.15, 0.2) is 58.1 Å². The van der Waals surface area contributed by atoms with Crippen LogP contribution in [0.5, 0.6) is 0 Å². The molecule has 4 aromatic rings. The number of nitrogens with zero attached hydrogens (tertiary/aromatic N) is 3. The van der Waals surface area contributed by atoms with Gasteiger partial charge >= 0.3 is 0 Å². The van der Waals surface area contributed by atoms with E-state index in [0.29, 0.717) is 16.9 Å². The van der Waals surface area contributed by atoms with E-state index in [9.17, 15) is 9.59 Å². The summed E-state index contributed by atoms with van der Waals surface area (Å²) in [7, 11) is 1.87. The van der Waals surface area contributed by atoms with Crippen molar-refractivity contribution < 1.29 is 0 Å². The lowest BCUT2D eigenvalue weighted by molar-refractivity contribution is 0.504. The number of hydrogen-bond donors (Lipinski definition) is 0. The van der Waals surface area contributed by atoms with Crippen LogP contribution in [0.3, 0.4) is 0 Å². The first kappa shape index (κ1) is 17.9. The third kappa shape index (κ3) is 2.72. The molecule has 0 atom stereocenters. The summed E-state index contributed by atoms with van der Waals surface area (Å²) in [5, 5.41) is 0.747. The third-order valence-electron chi connectivity index (χ3n) is 6.15. The quantitative estimate of drug-likeness (QED) is 0.482. The Balaban J connectivity index is 1.95. The summed E-state index contributed by atoms with van der Waals surface area (Å²) in [4.78, 5) is 31.9. The van der Waals surface area contributed by atoms with Crippen LogP contribution in [0.4, 0.5) is 0 Å². The molecule has 0 N–H and O–H groups in total. The minimum absolute atomic E-state index is 0.0897. The van der Waals surface area contributed by atoms with Crippen molar-refractivity contribution in [1.29, 1.82) is 0 Å². The number of para-hydroxylation sites is 1. The predicted molar refractivity (Wildman–Crippen MR) is 116 cm³/mol. The molecule has 0 spiro atoms. The van der Waals surface area contributed by atoms with Gasteiger partial charge in [0, 0.05) is 24.0 Å². The predicted octanol–water partition coefficient (Wildman–Crippen LogP) is 4.34. The van der Waals surface area contributed by atoms with Gasteiger partial charge in [-0.1, -0.05) is 54.8 Å². The average Bonchev–Trinajstić information content (AvgIpc) is 3.26. The van der Waals surface area contributed by atoms with E-state index in [1.54, 1.807) is 10.6 Å². The van der Waals surface area contributed by atoms with Gasteiger partial charge in [-0.15, -0.1) is 0 Å². The lowest BCUT2D eigenvalue weighted by Crippen LogP contribution is -2.31. The summed E-state index contributed by atoms with van der Waals surface area (Å²) in [5.74, 6) is 0.652. The molecule has 5 heteroatoms. The van der Waals surface area contributed by atoms with Gasteiger partial charge in [0.1, 0.15) is 11.2 Å². The second-order valence-electron chi connectivity index (χ2n) is 8.02. The van der Waals surface area contributed by atoms with Gasteiger partial charge in [0.25, 0.3) is 5.56 Å². The molecule has 2 aromatic heterocycles. The fourth-order valence-electron chi connectivity index (χ4n) is 4.58. The molecule has 0 unspecified atom stereocenters. The lowest BCUT2D eigenvalue weighted by atomic mass is 10.1. The van der Waals surface area contributed by atoms with Crippen LogP contribution in [-0.4, -0.2) is 14.1 Å². The Kier molecular flexibility index (Phi) is 4.12. The molecule has 146 valence electrons. The Labute approximate surface area is 168 Å². The molecular formula is C24H23N3O2. The maximum atomic E-state index is 13.7. The van der Waals surface area contributed by atoms with Crippen molar-refractivity contribution in [2.75, 3.05) is 0 Å². The Morgan fingerprint density at radius 2 is 1.66 bits per heavy atom. The molecule has 0 amide bonds. The van der Waals surface area contributed by atoms with Gasteiger partial charge in [-0.3, -0.25) is 14.2 Å². The molecular weight excluding hydrogens is 362 g/mol. The molecule has 0 bridgehead atoms. The van der Waals surface area contributed by atoms with Crippen LogP contribution < -0.4 is 11.0 Å². The van der Waals surface area contributed by atoms with Gasteiger partial charge in [-0.25, -0.2) is 4.98 Å². The first-order valence-corrected chi connectivity index (χ1v) is 10.2. The average molecular weight is 385 g/mol. The van der Waals surface area contributed by atoms with Crippen molar-refractivity contribution in [3.8, 4) is 11.4 Å². The molecule has 1 saturated carbocycles.